The van der Waals surface area contributed by atoms with E-state index in [1.807, 2.05) is 54.6 Å². The van der Waals surface area contributed by atoms with E-state index in [0.717, 1.165) is 38.4 Å². The van der Waals surface area contributed by atoms with Crippen LogP contribution in [0.5, 0.6) is 0 Å². The van der Waals surface area contributed by atoms with Crippen LogP contribution in [0.4, 0.5) is 0 Å². The molecule has 3 heterocycles. The fraction of sp³-hybridized carbons (Fsp3) is 0. The Morgan fingerprint density at radius 2 is 1.21 bits per heavy atom. The first-order chi connectivity index (χ1) is 11.9. The molecule has 2 aromatic carbocycles. The summed E-state index contributed by atoms with van der Waals surface area (Å²) in [5, 5.41) is 10.6. The molecule has 0 amide bonds. The molecule has 5 heteroatoms. The van der Waals surface area contributed by atoms with Gasteiger partial charge in [0.05, 0.1) is 11.0 Å². The summed E-state index contributed by atoms with van der Waals surface area (Å²) in [6, 6.07) is 17.6. The van der Waals surface area contributed by atoms with Gasteiger partial charge in [-0.25, -0.2) is 4.98 Å². The molecule has 5 aromatic rings. The topological polar surface area (TPSA) is 64.5 Å². The fourth-order valence-electron chi connectivity index (χ4n) is 2.97. The largest absolute Gasteiger partial charge is 0.254 e. The lowest BCUT2D eigenvalue weighted by molar-refractivity contribution is 1.04. The smallest absolute Gasteiger partial charge is 0.182 e. The Balaban J connectivity index is 1.96. The van der Waals surface area contributed by atoms with Crippen molar-refractivity contribution in [3.05, 3.63) is 67.0 Å². The van der Waals surface area contributed by atoms with Gasteiger partial charge in [0.15, 0.2) is 5.82 Å². The van der Waals surface area contributed by atoms with E-state index in [0.29, 0.717) is 5.82 Å². The highest BCUT2D eigenvalue weighted by atomic mass is 15.2. The molecule has 0 N–H and O–H groups in total. The van der Waals surface area contributed by atoms with Crippen molar-refractivity contribution in [2.75, 3.05) is 0 Å². The second kappa shape index (κ2) is 5.03. The summed E-state index contributed by atoms with van der Waals surface area (Å²) in [4.78, 5) is 13.8. The van der Waals surface area contributed by atoms with Gasteiger partial charge in [0.2, 0.25) is 0 Å². The third kappa shape index (κ3) is 1.85. The second-order valence-corrected chi connectivity index (χ2v) is 5.50. The number of rotatable bonds is 1. The first-order valence-corrected chi connectivity index (χ1v) is 7.63. The Morgan fingerprint density at radius 3 is 1.92 bits per heavy atom. The molecule has 0 fully saturated rings. The van der Waals surface area contributed by atoms with E-state index in [1.165, 1.54) is 0 Å². The predicted molar refractivity (Wildman–Crippen MR) is 93.4 cm³/mol. The molecule has 3 aromatic heterocycles. The molecule has 112 valence electrons. The van der Waals surface area contributed by atoms with Crippen LogP contribution in [0.2, 0.25) is 0 Å². The molecule has 0 aliphatic carbocycles. The van der Waals surface area contributed by atoms with Gasteiger partial charge in [0, 0.05) is 28.7 Å². The summed E-state index contributed by atoms with van der Waals surface area (Å²) < 4.78 is 0. The van der Waals surface area contributed by atoms with E-state index in [4.69, 9.17) is 4.98 Å². The highest BCUT2D eigenvalue weighted by Crippen LogP contribution is 2.30. The monoisotopic (exact) mass is 309 g/mol. The number of fused-ring (bicyclic) bond motifs is 6. The van der Waals surface area contributed by atoms with Gasteiger partial charge in [0.25, 0.3) is 0 Å². The van der Waals surface area contributed by atoms with Crippen molar-refractivity contribution in [2.24, 2.45) is 0 Å². The van der Waals surface area contributed by atoms with Gasteiger partial charge in [-0.05, 0) is 24.3 Å². The quantitative estimate of drug-likeness (QED) is 0.441. The van der Waals surface area contributed by atoms with Crippen molar-refractivity contribution >= 4 is 32.8 Å². The van der Waals surface area contributed by atoms with E-state index in [2.05, 4.69) is 20.2 Å². The van der Waals surface area contributed by atoms with E-state index >= 15 is 0 Å². The summed E-state index contributed by atoms with van der Waals surface area (Å²) in [6.07, 6.45) is 3.54. The third-order valence-corrected chi connectivity index (χ3v) is 4.07. The van der Waals surface area contributed by atoms with Gasteiger partial charge in [-0.15, -0.1) is 10.2 Å². The molecule has 0 atom stereocenters. The highest BCUT2D eigenvalue weighted by Gasteiger charge is 2.14. The van der Waals surface area contributed by atoms with E-state index in [9.17, 15) is 0 Å². The zero-order valence-electron chi connectivity index (χ0n) is 12.6. The van der Waals surface area contributed by atoms with E-state index in [1.54, 1.807) is 12.4 Å². The van der Waals surface area contributed by atoms with Gasteiger partial charge < -0.3 is 0 Å². The average Bonchev–Trinajstić information content (AvgIpc) is 2.68. The maximum absolute atomic E-state index is 4.78. The zero-order valence-corrected chi connectivity index (χ0v) is 12.6. The fourth-order valence-corrected chi connectivity index (χ4v) is 2.97. The molecule has 0 radical (unpaired) electrons. The molecule has 5 nitrogen and oxygen atoms in total. The summed E-state index contributed by atoms with van der Waals surface area (Å²) >= 11 is 0. The van der Waals surface area contributed by atoms with Crippen LogP contribution < -0.4 is 0 Å². The van der Waals surface area contributed by atoms with Crippen LogP contribution in [0.15, 0.2) is 67.0 Å². The molecular weight excluding hydrogens is 298 g/mol. The molecule has 0 unspecified atom stereocenters. The van der Waals surface area contributed by atoms with Crippen molar-refractivity contribution in [1.29, 1.82) is 0 Å². The molecule has 0 bridgehead atoms. The van der Waals surface area contributed by atoms with Crippen LogP contribution in [0.25, 0.3) is 44.2 Å². The first-order valence-electron chi connectivity index (χ1n) is 7.63. The van der Waals surface area contributed by atoms with Crippen molar-refractivity contribution in [3.63, 3.8) is 0 Å². The minimum atomic E-state index is 0.608. The Labute approximate surface area is 137 Å². The highest BCUT2D eigenvalue weighted by molar-refractivity contribution is 6.20. The number of nitrogens with zero attached hydrogens (tertiary/aromatic N) is 5. The number of pyridine rings is 2. The molecule has 0 saturated carbocycles. The first kappa shape index (κ1) is 13.0. The van der Waals surface area contributed by atoms with Crippen LogP contribution >= 0.6 is 0 Å². The van der Waals surface area contributed by atoms with Crippen LogP contribution in [-0.4, -0.2) is 25.1 Å². The maximum atomic E-state index is 4.78. The standard InChI is InChI=1S/C19H11N5/c1-2-6-12(7-3-1)19-22-17-13-8-4-10-20-15(13)16-14(9-5-11-21-16)18(17)23-24-19/h1-11H. The summed E-state index contributed by atoms with van der Waals surface area (Å²) in [5.74, 6) is 0.608. The van der Waals surface area contributed by atoms with Crippen molar-refractivity contribution in [1.82, 2.24) is 25.1 Å². The van der Waals surface area contributed by atoms with Crippen LogP contribution in [-0.2, 0) is 0 Å². The Kier molecular flexibility index (Phi) is 2.72. The molecular formula is C19H11N5. The molecule has 0 aliphatic rings. The van der Waals surface area contributed by atoms with Gasteiger partial charge in [-0.2, -0.15) is 0 Å². The van der Waals surface area contributed by atoms with Crippen molar-refractivity contribution in [2.45, 2.75) is 0 Å². The summed E-state index contributed by atoms with van der Waals surface area (Å²) in [5.41, 5.74) is 4.14. The summed E-state index contributed by atoms with van der Waals surface area (Å²) in [7, 11) is 0. The molecule has 0 aliphatic heterocycles. The molecule has 0 saturated heterocycles. The average molecular weight is 309 g/mol. The lowest BCUT2D eigenvalue weighted by Gasteiger charge is -2.07. The Bertz CT molecular complexity index is 1170. The number of hydrogen-bond donors (Lipinski definition) is 0. The minimum Gasteiger partial charge on any atom is -0.254 e. The number of benzene rings is 2. The zero-order chi connectivity index (χ0) is 15.9. The third-order valence-electron chi connectivity index (χ3n) is 4.07. The minimum absolute atomic E-state index is 0.608. The second-order valence-electron chi connectivity index (χ2n) is 5.50. The molecule has 0 spiro atoms. The van der Waals surface area contributed by atoms with Crippen molar-refractivity contribution < 1.29 is 0 Å². The van der Waals surface area contributed by atoms with Gasteiger partial charge in [0.1, 0.15) is 11.0 Å². The van der Waals surface area contributed by atoms with E-state index < -0.39 is 0 Å². The number of aromatic nitrogens is 5. The summed E-state index contributed by atoms with van der Waals surface area (Å²) in [6.45, 7) is 0. The lowest BCUT2D eigenvalue weighted by atomic mass is 10.1. The molecule has 5 rings (SSSR count). The Morgan fingerprint density at radius 1 is 0.542 bits per heavy atom. The van der Waals surface area contributed by atoms with Gasteiger partial charge in [-0.3, -0.25) is 9.97 Å². The van der Waals surface area contributed by atoms with Crippen LogP contribution in [0.3, 0.4) is 0 Å². The predicted octanol–water partition coefficient (Wildman–Crippen LogP) is 3.79. The maximum Gasteiger partial charge on any atom is 0.182 e. The Hall–Kier alpha value is -3.47. The normalized spacial score (nSPS) is 11.3. The van der Waals surface area contributed by atoms with Crippen molar-refractivity contribution in [3.8, 4) is 11.4 Å². The van der Waals surface area contributed by atoms with Crippen LogP contribution in [0.1, 0.15) is 0 Å². The SMILES string of the molecule is c1ccc(-c2nnc3c4cccnc4c4ncccc4c3n2)cc1. The van der Waals surface area contributed by atoms with Gasteiger partial charge in [-0.1, -0.05) is 30.3 Å². The molecule has 24 heavy (non-hydrogen) atoms. The van der Waals surface area contributed by atoms with Crippen LogP contribution in [0, 0.1) is 0 Å². The lowest BCUT2D eigenvalue weighted by Crippen LogP contribution is -1.97. The van der Waals surface area contributed by atoms with Gasteiger partial charge >= 0.3 is 0 Å². The number of hydrogen-bond acceptors (Lipinski definition) is 5. The van der Waals surface area contributed by atoms with E-state index in [-0.39, 0.29) is 0 Å².